The maximum absolute atomic E-state index is 9.75. The van der Waals surface area contributed by atoms with E-state index in [-0.39, 0.29) is 0 Å². The van der Waals surface area contributed by atoms with Gasteiger partial charge in [0.1, 0.15) is 5.75 Å². The van der Waals surface area contributed by atoms with E-state index in [1.54, 1.807) is 17.4 Å². The molecule has 0 saturated heterocycles. The van der Waals surface area contributed by atoms with Gasteiger partial charge >= 0.3 is 0 Å². The molecule has 0 aliphatic rings. The minimum Gasteiger partial charge on any atom is -0.508 e. The number of hydrogen-bond acceptors (Lipinski definition) is 4. The van der Waals surface area contributed by atoms with Crippen LogP contribution in [0.5, 0.6) is 5.75 Å². The maximum Gasteiger partial charge on any atom is 0.194 e. The van der Waals surface area contributed by atoms with Crippen LogP contribution in [0, 0.1) is 13.8 Å². The lowest BCUT2D eigenvalue weighted by Gasteiger charge is -2.07. The third-order valence-corrected chi connectivity index (χ3v) is 4.37. The average Bonchev–Trinajstić information content (AvgIpc) is 2.93. The molecule has 3 rings (SSSR count). The maximum atomic E-state index is 9.75. The van der Waals surface area contributed by atoms with E-state index >= 15 is 0 Å². The lowest BCUT2D eigenvalue weighted by Crippen LogP contribution is -2.15. The Labute approximate surface area is 121 Å². The van der Waals surface area contributed by atoms with E-state index in [2.05, 4.69) is 27.0 Å². The van der Waals surface area contributed by atoms with Gasteiger partial charge in [-0.05, 0) is 19.9 Å². The van der Waals surface area contributed by atoms with Crippen molar-refractivity contribution in [2.45, 2.75) is 26.9 Å². The summed E-state index contributed by atoms with van der Waals surface area (Å²) in [5.74, 6) is 0.335. The molecular weight excluding hydrogens is 270 g/mol. The number of benzene rings is 1. The second-order valence-electron chi connectivity index (χ2n) is 4.87. The van der Waals surface area contributed by atoms with Crippen molar-refractivity contribution in [3.63, 3.8) is 0 Å². The Hall–Kier alpha value is -1.85. The van der Waals surface area contributed by atoms with E-state index < -0.39 is 0 Å². The van der Waals surface area contributed by atoms with E-state index in [0.717, 1.165) is 22.8 Å². The number of aromatic nitrogens is 2. The summed E-state index contributed by atoms with van der Waals surface area (Å²) in [5.41, 5.74) is 4.37. The Morgan fingerprint density at radius 2 is 2.05 bits per heavy atom. The van der Waals surface area contributed by atoms with Crippen LogP contribution in [-0.2, 0) is 13.1 Å². The molecule has 0 fully saturated rings. The third-order valence-electron chi connectivity index (χ3n) is 3.43. The van der Waals surface area contributed by atoms with Crippen LogP contribution in [0.4, 0.5) is 0 Å². The summed E-state index contributed by atoms with van der Waals surface area (Å²) in [5, 5.41) is 15.2. The van der Waals surface area contributed by atoms with Crippen molar-refractivity contribution in [1.29, 1.82) is 0 Å². The first-order valence-corrected chi connectivity index (χ1v) is 7.44. The van der Waals surface area contributed by atoms with Gasteiger partial charge in [-0.1, -0.05) is 18.2 Å². The predicted octanol–water partition coefficient (Wildman–Crippen LogP) is 3.01. The zero-order valence-electron chi connectivity index (χ0n) is 11.6. The average molecular weight is 287 g/mol. The molecule has 2 N–H and O–H groups in total. The summed E-state index contributed by atoms with van der Waals surface area (Å²) in [6, 6.07) is 7.40. The van der Waals surface area contributed by atoms with Crippen LogP contribution in [0.1, 0.15) is 22.6 Å². The summed E-state index contributed by atoms with van der Waals surface area (Å²) in [4.78, 5) is 5.61. The van der Waals surface area contributed by atoms with Gasteiger partial charge in [-0.25, -0.2) is 4.98 Å². The molecule has 0 saturated carbocycles. The molecule has 2 aromatic heterocycles. The number of aryl methyl sites for hydroxylation is 2. The largest absolute Gasteiger partial charge is 0.508 e. The zero-order chi connectivity index (χ0) is 14.1. The number of rotatable bonds is 4. The molecule has 0 aliphatic heterocycles. The van der Waals surface area contributed by atoms with Gasteiger partial charge in [0.25, 0.3) is 0 Å². The van der Waals surface area contributed by atoms with Gasteiger partial charge in [0.2, 0.25) is 0 Å². The van der Waals surface area contributed by atoms with Crippen LogP contribution in [-0.4, -0.2) is 14.5 Å². The number of hydrogen-bond donors (Lipinski definition) is 2. The lowest BCUT2D eigenvalue weighted by molar-refractivity contribution is 0.464. The highest BCUT2D eigenvalue weighted by Crippen LogP contribution is 2.21. The number of nitrogens with one attached hydrogen (secondary N) is 1. The summed E-state index contributed by atoms with van der Waals surface area (Å²) >= 11 is 1.67. The number of fused-ring (bicyclic) bond motifs is 1. The fourth-order valence-corrected chi connectivity index (χ4v) is 3.28. The van der Waals surface area contributed by atoms with Crippen molar-refractivity contribution >= 4 is 16.3 Å². The summed E-state index contributed by atoms with van der Waals surface area (Å²) in [6.45, 7) is 5.51. The zero-order valence-corrected chi connectivity index (χ0v) is 12.4. The van der Waals surface area contributed by atoms with E-state index in [1.165, 1.54) is 11.4 Å². The van der Waals surface area contributed by atoms with Crippen LogP contribution in [0.15, 0.2) is 29.6 Å². The monoisotopic (exact) mass is 287 g/mol. The van der Waals surface area contributed by atoms with Gasteiger partial charge in [0.15, 0.2) is 4.96 Å². The Balaban J connectivity index is 1.76. The Morgan fingerprint density at radius 3 is 2.85 bits per heavy atom. The first-order valence-electron chi connectivity index (χ1n) is 6.56. The Morgan fingerprint density at radius 1 is 1.25 bits per heavy atom. The topological polar surface area (TPSA) is 49.6 Å². The van der Waals surface area contributed by atoms with Gasteiger partial charge in [-0.3, -0.25) is 4.40 Å². The number of aromatic hydroxyl groups is 1. The third kappa shape index (κ3) is 2.30. The Kier molecular flexibility index (Phi) is 3.46. The highest BCUT2D eigenvalue weighted by Gasteiger charge is 2.11. The molecule has 0 radical (unpaired) electrons. The second kappa shape index (κ2) is 5.26. The molecule has 0 unspecified atom stereocenters. The fourth-order valence-electron chi connectivity index (χ4n) is 2.35. The SMILES string of the molecule is Cc1nc2scc(C)n2c1CNCc1ccccc1O. The smallest absolute Gasteiger partial charge is 0.194 e. The lowest BCUT2D eigenvalue weighted by atomic mass is 10.2. The molecule has 5 heteroatoms. The van der Waals surface area contributed by atoms with Gasteiger partial charge in [0.05, 0.1) is 11.4 Å². The molecule has 2 heterocycles. The van der Waals surface area contributed by atoms with Crippen molar-refractivity contribution in [2.75, 3.05) is 0 Å². The molecule has 0 atom stereocenters. The van der Waals surface area contributed by atoms with E-state index in [0.29, 0.717) is 12.3 Å². The highest BCUT2D eigenvalue weighted by atomic mass is 32.1. The molecule has 20 heavy (non-hydrogen) atoms. The number of phenolic OH excluding ortho intramolecular Hbond substituents is 1. The van der Waals surface area contributed by atoms with E-state index in [9.17, 15) is 5.11 Å². The van der Waals surface area contributed by atoms with Crippen LogP contribution >= 0.6 is 11.3 Å². The van der Waals surface area contributed by atoms with Crippen molar-refractivity contribution in [1.82, 2.24) is 14.7 Å². The molecular formula is C15H17N3OS. The highest BCUT2D eigenvalue weighted by molar-refractivity contribution is 7.15. The molecule has 0 aliphatic carbocycles. The first kappa shape index (κ1) is 13.1. The van der Waals surface area contributed by atoms with Crippen molar-refractivity contribution in [3.8, 4) is 5.75 Å². The normalized spacial score (nSPS) is 11.3. The number of nitrogens with zero attached hydrogens (tertiary/aromatic N) is 2. The van der Waals surface area contributed by atoms with Crippen LogP contribution in [0.3, 0.4) is 0 Å². The summed E-state index contributed by atoms with van der Waals surface area (Å²) in [6.07, 6.45) is 0. The molecule has 0 spiro atoms. The number of para-hydroxylation sites is 1. The standard InChI is InChI=1S/C15H17N3OS/c1-10-9-20-15-17-11(2)13(18(10)15)8-16-7-12-5-3-4-6-14(12)19/h3-6,9,16,19H,7-8H2,1-2H3. The predicted molar refractivity (Wildman–Crippen MR) is 81.2 cm³/mol. The fraction of sp³-hybridized carbons (Fsp3) is 0.267. The summed E-state index contributed by atoms with van der Waals surface area (Å²) < 4.78 is 2.19. The van der Waals surface area contributed by atoms with Crippen LogP contribution in [0.2, 0.25) is 0 Å². The van der Waals surface area contributed by atoms with E-state index in [1.807, 2.05) is 25.1 Å². The summed E-state index contributed by atoms with van der Waals surface area (Å²) in [7, 11) is 0. The Bertz CT molecular complexity index is 745. The minimum absolute atomic E-state index is 0.335. The second-order valence-corrected chi connectivity index (χ2v) is 5.71. The van der Waals surface area contributed by atoms with Gasteiger partial charge in [-0.2, -0.15) is 0 Å². The van der Waals surface area contributed by atoms with Crippen molar-refractivity contribution in [3.05, 3.63) is 52.3 Å². The van der Waals surface area contributed by atoms with Crippen molar-refractivity contribution in [2.24, 2.45) is 0 Å². The molecule has 0 amide bonds. The molecule has 104 valence electrons. The van der Waals surface area contributed by atoms with Crippen molar-refractivity contribution < 1.29 is 5.11 Å². The first-order chi connectivity index (χ1) is 9.66. The molecule has 4 nitrogen and oxygen atoms in total. The van der Waals surface area contributed by atoms with Gasteiger partial charge in [0, 0.05) is 29.7 Å². The minimum atomic E-state index is 0.335. The number of imidazole rings is 1. The molecule has 0 bridgehead atoms. The molecule has 1 aromatic carbocycles. The van der Waals surface area contributed by atoms with E-state index in [4.69, 9.17) is 0 Å². The van der Waals surface area contributed by atoms with Gasteiger partial charge < -0.3 is 10.4 Å². The number of phenols is 1. The molecule has 3 aromatic rings. The van der Waals surface area contributed by atoms with Crippen LogP contribution < -0.4 is 5.32 Å². The quantitative estimate of drug-likeness (QED) is 0.775. The van der Waals surface area contributed by atoms with Gasteiger partial charge in [-0.15, -0.1) is 11.3 Å². The number of thiazole rings is 1. The van der Waals surface area contributed by atoms with Crippen LogP contribution in [0.25, 0.3) is 4.96 Å².